The van der Waals surface area contributed by atoms with Gasteiger partial charge < -0.3 is 30.3 Å². The van der Waals surface area contributed by atoms with E-state index < -0.39 is 36.3 Å². The third kappa shape index (κ3) is 11.5. The summed E-state index contributed by atoms with van der Waals surface area (Å²) >= 11 is 0. The Balaban J connectivity index is 2.21. The van der Waals surface area contributed by atoms with Crippen LogP contribution >= 0.6 is 0 Å². The molecule has 0 bridgehead atoms. The molecule has 0 spiro atoms. The molecule has 0 aromatic heterocycles. The van der Waals surface area contributed by atoms with Gasteiger partial charge in [-0.25, -0.2) is 0 Å². The second-order valence-electron chi connectivity index (χ2n) is 15.8. The van der Waals surface area contributed by atoms with Gasteiger partial charge in [0.05, 0.1) is 36.8 Å². The molecule has 2 rings (SSSR count). The number of aliphatic hydroxyl groups excluding tert-OH is 1. The molecule has 290 valence electrons. The Morgan fingerprint density at radius 2 is 1.53 bits per heavy atom. The SMILES string of the molecule is CC[C@H](C)[C@@H]([C@@H](CC(=O)N1CCC[C@H]1[C@H](C)[C@@H](C)C(=O)N[C@H](C)[C@@H](O)c1ccccc1)OC)N(C)C(=O)[C@@H](NC(=O)[C@H](C(C)C)N(C)C)C(C)C. The van der Waals surface area contributed by atoms with E-state index in [1.807, 2.05) is 95.8 Å². The number of nitrogens with one attached hydrogen (secondary N) is 2. The monoisotopic (exact) mass is 716 g/mol. The number of rotatable bonds is 19. The van der Waals surface area contributed by atoms with Gasteiger partial charge in [0, 0.05) is 32.7 Å². The van der Waals surface area contributed by atoms with E-state index in [1.54, 1.807) is 26.0 Å². The molecule has 11 nitrogen and oxygen atoms in total. The number of methoxy groups -OCH3 is 1. The maximum absolute atomic E-state index is 14.2. The molecule has 0 saturated carbocycles. The Hall–Kier alpha value is -3.02. The van der Waals surface area contributed by atoms with Gasteiger partial charge in [-0.05, 0) is 63.1 Å². The van der Waals surface area contributed by atoms with Crippen molar-refractivity contribution < 1.29 is 29.0 Å². The predicted molar refractivity (Wildman–Crippen MR) is 203 cm³/mol. The van der Waals surface area contributed by atoms with Crippen molar-refractivity contribution in [2.24, 2.45) is 29.6 Å². The number of amides is 4. The van der Waals surface area contributed by atoms with Gasteiger partial charge >= 0.3 is 0 Å². The summed E-state index contributed by atoms with van der Waals surface area (Å²) < 4.78 is 6.02. The molecule has 1 heterocycles. The van der Waals surface area contributed by atoms with Crippen LogP contribution < -0.4 is 10.6 Å². The van der Waals surface area contributed by atoms with Crippen LogP contribution in [-0.2, 0) is 23.9 Å². The van der Waals surface area contributed by atoms with Gasteiger partial charge in [0.15, 0.2) is 0 Å². The number of hydrogen-bond acceptors (Lipinski definition) is 7. The molecular formula is C40H69N5O6. The summed E-state index contributed by atoms with van der Waals surface area (Å²) in [4.78, 5) is 60.5. The number of benzene rings is 1. The fraction of sp³-hybridized carbons (Fsp3) is 0.750. The third-order valence-corrected chi connectivity index (χ3v) is 11.2. The Kier molecular flexibility index (Phi) is 17.6. The Labute approximate surface area is 308 Å². The van der Waals surface area contributed by atoms with Crippen LogP contribution in [0.5, 0.6) is 0 Å². The Bertz CT molecular complexity index is 1250. The van der Waals surface area contributed by atoms with Crippen LogP contribution in [0.25, 0.3) is 0 Å². The highest BCUT2D eigenvalue weighted by Gasteiger charge is 2.42. The van der Waals surface area contributed by atoms with E-state index in [0.717, 1.165) is 24.8 Å². The van der Waals surface area contributed by atoms with Crippen LogP contribution in [0.4, 0.5) is 0 Å². The van der Waals surface area contributed by atoms with Crippen LogP contribution in [0.2, 0.25) is 0 Å². The number of likely N-dealkylation sites (tertiary alicyclic amines) is 1. The van der Waals surface area contributed by atoms with Crippen molar-refractivity contribution in [2.75, 3.05) is 34.8 Å². The summed E-state index contributed by atoms with van der Waals surface area (Å²) in [7, 11) is 7.06. The van der Waals surface area contributed by atoms with E-state index in [2.05, 4.69) is 24.5 Å². The molecule has 1 saturated heterocycles. The van der Waals surface area contributed by atoms with Crippen molar-refractivity contribution in [3.05, 3.63) is 35.9 Å². The minimum absolute atomic E-state index is 0.00986. The molecule has 11 heteroatoms. The zero-order valence-corrected chi connectivity index (χ0v) is 33.7. The molecule has 0 unspecified atom stereocenters. The molecule has 1 aliphatic heterocycles. The lowest BCUT2D eigenvalue weighted by Gasteiger charge is -2.41. The highest BCUT2D eigenvalue weighted by molar-refractivity contribution is 5.90. The predicted octanol–water partition coefficient (Wildman–Crippen LogP) is 4.49. The molecule has 1 aliphatic rings. The van der Waals surface area contributed by atoms with Gasteiger partial charge in [-0.15, -0.1) is 0 Å². The van der Waals surface area contributed by atoms with E-state index in [1.165, 1.54) is 0 Å². The summed E-state index contributed by atoms with van der Waals surface area (Å²) in [5.41, 5.74) is 0.739. The number of ether oxygens (including phenoxy) is 1. The fourth-order valence-electron chi connectivity index (χ4n) is 7.72. The summed E-state index contributed by atoms with van der Waals surface area (Å²) in [5, 5.41) is 16.8. The molecule has 1 fully saturated rings. The largest absolute Gasteiger partial charge is 0.386 e. The van der Waals surface area contributed by atoms with Gasteiger partial charge in [0.25, 0.3) is 0 Å². The van der Waals surface area contributed by atoms with Gasteiger partial charge in [0.1, 0.15) is 6.04 Å². The summed E-state index contributed by atoms with van der Waals surface area (Å²) in [5.74, 6) is -1.23. The lowest BCUT2D eigenvalue weighted by atomic mass is 9.86. The topological polar surface area (TPSA) is 132 Å². The number of aliphatic hydroxyl groups is 1. The van der Waals surface area contributed by atoms with Crippen molar-refractivity contribution in [2.45, 2.75) is 130 Å². The first-order valence-corrected chi connectivity index (χ1v) is 19.0. The second-order valence-corrected chi connectivity index (χ2v) is 15.8. The first-order valence-electron chi connectivity index (χ1n) is 19.0. The summed E-state index contributed by atoms with van der Waals surface area (Å²) in [6.07, 6.45) is 1.06. The normalized spacial score (nSPS) is 20.3. The number of carbonyl (C=O) groups is 4. The minimum Gasteiger partial charge on any atom is -0.386 e. The number of likely N-dealkylation sites (N-methyl/N-ethyl adjacent to an activating group) is 2. The third-order valence-electron chi connectivity index (χ3n) is 11.2. The van der Waals surface area contributed by atoms with Crippen LogP contribution in [0.15, 0.2) is 30.3 Å². The molecule has 0 aliphatic carbocycles. The molecule has 1 aromatic rings. The zero-order chi connectivity index (χ0) is 38.7. The van der Waals surface area contributed by atoms with E-state index >= 15 is 0 Å². The molecule has 4 amide bonds. The average molecular weight is 716 g/mol. The van der Waals surface area contributed by atoms with Crippen molar-refractivity contribution in [1.29, 1.82) is 0 Å². The van der Waals surface area contributed by atoms with E-state index in [9.17, 15) is 24.3 Å². The maximum Gasteiger partial charge on any atom is 0.245 e. The maximum atomic E-state index is 14.2. The second kappa shape index (κ2) is 20.3. The number of nitrogens with zero attached hydrogens (tertiary/aromatic N) is 3. The van der Waals surface area contributed by atoms with Gasteiger partial charge in [-0.1, -0.05) is 92.1 Å². The summed E-state index contributed by atoms with van der Waals surface area (Å²) in [6.45, 7) is 18.2. The van der Waals surface area contributed by atoms with Gasteiger partial charge in [0.2, 0.25) is 23.6 Å². The van der Waals surface area contributed by atoms with Crippen LogP contribution in [0.3, 0.4) is 0 Å². The molecule has 10 atom stereocenters. The average Bonchev–Trinajstić information content (AvgIpc) is 3.58. The highest BCUT2D eigenvalue weighted by atomic mass is 16.5. The van der Waals surface area contributed by atoms with Gasteiger partial charge in [-0.3, -0.25) is 24.1 Å². The molecule has 51 heavy (non-hydrogen) atoms. The fourth-order valence-corrected chi connectivity index (χ4v) is 7.72. The standard InChI is InChI=1S/C40H69N5O6/c1-14-26(6)36(44(12)40(50)34(24(2)3)42-39(49)35(25(4)5)43(10)11)32(51-13)23-33(46)45-22-18-21-31(45)27(7)28(8)38(48)41-29(9)37(47)30-19-16-15-17-20-30/h15-17,19-20,24-29,31-32,34-37,47H,14,18,21-23H2,1-13H3,(H,41,48)(H,42,49)/t26-,27+,28+,29+,31-,32+,34-,35-,36-,37+/m0/s1. The molecule has 0 radical (unpaired) electrons. The Morgan fingerprint density at radius 1 is 0.922 bits per heavy atom. The van der Waals surface area contributed by atoms with Crippen molar-refractivity contribution in [3.63, 3.8) is 0 Å². The van der Waals surface area contributed by atoms with Crippen molar-refractivity contribution >= 4 is 23.6 Å². The van der Waals surface area contributed by atoms with Crippen molar-refractivity contribution in [1.82, 2.24) is 25.3 Å². The van der Waals surface area contributed by atoms with Crippen LogP contribution in [0, 0.1) is 29.6 Å². The Morgan fingerprint density at radius 3 is 2.04 bits per heavy atom. The lowest BCUT2D eigenvalue weighted by molar-refractivity contribution is -0.146. The van der Waals surface area contributed by atoms with E-state index in [-0.39, 0.29) is 65.8 Å². The van der Waals surface area contributed by atoms with E-state index in [0.29, 0.717) is 6.54 Å². The zero-order valence-electron chi connectivity index (χ0n) is 33.7. The molecular weight excluding hydrogens is 646 g/mol. The first-order chi connectivity index (χ1) is 23.9. The van der Waals surface area contributed by atoms with Crippen LogP contribution in [0.1, 0.15) is 99.7 Å². The smallest absolute Gasteiger partial charge is 0.245 e. The number of hydrogen-bond donors (Lipinski definition) is 3. The van der Waals surface area contributed by atoms with Gasteiger partial charge in [-0.2, -0.15) is 0 Å². The highest BCUT2D eigenvalue weighted by Crippen LogP contribution is 2.31. The van der Waals surface area contributed by atoms with E-state index in [4.69, 9.17) is 4.74 Å². The minimum atomic E-state index is -0.834. The molecule has 3 N–H and O–H groups in total. The summed E-state index contributed by atoms with van der Waals surface area (Å²) in [6, 6.07) is 7.13. The number of carbonyl (C=O) groups excluding carboxylic acids is 4. The molecule has 1 aromatic carbocycles. The quantitative estimate of drug-likeness (QED) is 0.192. The first kappa shape index (κ1) is 44.1. The van der Waals surface area contributed by atoms with Crippen LogP contribution in [-0.4, -0.2) is 115 Å². The van der Waals surface area contributed by atoms with Crippen molar-refractivity contribution in [3.8, 4) is 0 Å². The lowest BCUT2D eigenvalue weighted by Crippen LogP contribution is -2.59.